The first-order valence-electron chi connectivity index (χ1n) is 7.09. The van der Waals surface area contributed by atoms with Crippen molar-refractivity contribution in [1.82, 2.24) is 5.32 Å². The molecule has 0 aliphatic heterocycles. The smallest absolute Gasteiger partial charge is 0.225 e. The second-order valence-corrected chi connectivity index (χ2v) is 7.24. The van der Waals surface area contributed by atoms with Crippen LogP contribution in [-0.2, 0) is 4.79 Å². The molecule has 0 aliphatic carbocycles. The summed E-state index contributed by atoms with van der Waals surface area (Å²) in [6.07, 6.45) is 2.55. The number of benzene rings is 1. The highest BCUT2D eigenvalue weighted by Crippen LogP contribution is 2.20. The van der Waals surface area contributed by atoms with Crippen molar-refractivity contribution in [2.45, 2.75) is 38.0 Å². The van der Waals surface area contributed by atoms with Crippen LogP contribution < -0.4 is 15.4 Å². The second kappa shape index (κ2) is 8.29. The standard InChI is InChI=1S/C16H26N2O2S/c1-12(17-11-16(2,3)21-5)9-15(19)18-13-7-6-8-14(10-13)20-4/h6-8,10,12,17H,9,11H2,1-5H3,(H,18,19)/t12-/m1/s1. The van der Waals surface area contributed by atoms with Crippen molar-refractivity contribution in [1.29, 1.82) is 0 Å². The van der Waals surface area contributed by atoms with Gasteiger partial charge in [-0.1, -0.05) is 6.07 Å². The van der Waals surface area contributed by atoms with Crippen molar-refractivity contribution in [3.63, 3.8) is 0 Å². The van der Waals surface area contributed by atoms with Gasteiger partial charge >= 0.3 is 0 Å². The SMILES string of the molecule is COc1cccc(NC(=O)C[C@@H](C)NCC(C)(C)SC)c1. The van der Waals surface area contributed by atoms with Crippen molar-refractivity contribution in [3.8, 4) is 5.75 Å². The predicted molar refractivity (Wildman–Crippen MR) is 91.3 cm³/mol. The molecule has 0 heterocycles. The summed E-state index contributed by atoms with van der Waals surface area (Å²) in [5, 5.41) is 6.30. The molecule has 1 rings (SSSR count). The quantitative estimate of drug-likeness (QED) is 0.774. The van der Waals surface area contributed by atoms with Gasteiger partial charge in [0.15, 0.2) is 0 Å². The van der Waals surface area contributed by atoms with Crippen molar-refractivity contribution >= 4 is 23.4 Å². The van der Waals surface area contributed by atoms with Gasteiger partial charge in [0.25, 0.3) is 0 Å². The number of ether oxygens (including phenoxy) is 1. The summed E-state index contributed by atoms with van der Waals surface area (Å²) in [4.78, 5) is 12.0. The first-order valence-corrected chi connectivity index (χ1v) is 8.31. The Morgan fingerprint density at radius 1 is 1.43 bits per heavy atom. The van der Waals surface area contributed by atoms with Gasteiger partial charge in [-0.05, 0) is 39.2 Å². The van der Waals surface area contributed by atoms with Gasteiger partial charge in [0.05, 0.1) is 7.11 Å². The minimum absolute atomic E-state index is 0.00482. The lowest BCUT2D eigenvalue weighted by atomic mass is 10.1. The molecule has 118 valence electrons. The molecule has 5 heteroatoms. The third-order valence-electron chi connectivity index (χ3n) is 3.27. The van der Waals surface area contributed by atoms with Gasteiger partial charge in [-0.25, -0.2) is 0 Å². The lowest BCUT2D eigenvalue weighted by Gasteiger charge is -2.25. The summed E-state index contributed by atoms with van der Waals surface area (Å²) in [5.74, 6) is 0.742. The van der Waals surface area contributed by atoms with Crippen LogP contribution in [-0.4, -0.2) is 36.6 Å². The van der Waals surface area contributed by atoms with Crippen LogP contribution in [0.5, 0.6) is 5.75 Å². The number of hydrogen-bond donors (Lipinski definition) is 2. The fourth-order valence-corrected chi connectivity index (χ4v) is 1.98. The minimum Gasteiger partial charge on any atom is -0.497 e. The number of thioether (sulfide) groups is 1. The Labute approximate surface area is 132 Å². The molecule has 0 spiro atoms. The molecule has 0 saturated carbocycles. The van der Waals surface area contributed by atoms with Gasteiger partial charge in [-0.15, -0.1) is 0 Å². The third kappa shape index (κ3) is 6.87. The van der Waals surface area contributed by atoms with Gasteiger partial charge in [-0.3, -0.25) is 4.79 Å². The normalized spacial score (nSPS) is 12.8. The van der Waals surface area contributed by atoms with E-state index >= 15 is 0 Å². The molecule has 0 aliphatic rings. The Morgan fingerprint density at radius 2 is 2.14 bits per heavy atom. The van der Waals surface area contributed by atoms with E-state index in [0.717, 1.165) is 18.0 Å². The maximum Gasteiger partial charge on any atom is 0.225 e. The summed E-state index contributed by atoms with van der Waals surface area (Å²) in [6.45, 7) is 7.28. The van der Waals surface area contributed by atoms with E-state index in [-0.39, 0.29) is 16.7 Å². The fourth-order valence-electron chi connectivity index (χ4n) is 1.76. The van der Waals surface area contributed by atoms with E-state index in [1.165, 1.54) is 0 Å². The molecule has 21 heavy (non-hydrogen) atoms. The zero-order chi connectivity index (χ0) is 15.9. The van der Waals surface area contributed by atoms with Crippen molar-refractivity contribution < 1.29 is 9.53 Å². The summed E-state index contributed by atoms with van der Waals surface area (Å²) < 4.78 is 5.32. The summed E-state index contributed by atoms with van der Waals surface area (Å²) in [5.41, 5.74) is 0.760. The maximum absolute atomic E-state index is 12.0. The largest absolute Gasteiger partial charge is 0.497 e. The maximum atomic E-state index is 12.0. The first kappa shape index (κ1) is 17.9. The molecule has 1 atom stereocenters. The number of methoxy groups -OCH3 is 1. The van der Waals surface area contributed by atoms with Gasteiger partial charge in [0, 0.05) is 35.5 Å². The summed E-state index contributed by atoms with van der Waals surface area (Å²) in [6, 6.07) is 7.52. The van der Waals surface area contributed by atoms with Crippen LogP contribution in [0.25, 0.3) is 0 Å². The predicted octanol–water partition coefficient (Wildman–Crippen LogP) is 3.14. The average molecular weight is 310 g/mol. The van der Waals surface area contributed by atoms with Gasteiger partial charge in [0.1, 0.15) is 5.75 Å². The van der Waals surface area contributed by atoms with E-state index in [1.54, 1.807) is 7.11 Å². The van der Waals surface area contributed by atoms with Gasteiger partial charge in [0.2, 0.25) is 5.91 Å². The Balaban J connectivity index is 2.42. The van der Waals surface area contributed by atoms with Gasteiger partial charge < -0.3 is 15.4 Å². The van der Waals surface area contributed by atoms with E-state index in [4.69, 9.17) is 4.74 Å². The third-order valence-corrected chi connectivity index (χ3v) is 4.52. The molecular weight excluding hydrogens is 284 g/mol. The molecule has 0 fully saturated rings. The number of carbonyl (C=O) groups is 1. The molecule has 1 amide bonds. The van der Waals surface area contributed by atoms with Crippen LogP contribution in [0.1, 0.15) is 27.2 Å². The van der Waals surface area contributed by atoms with Gasteiger partial charge in [-0.2, -0.15) is 11.8 Å². The molecule has 0 aromatic heterocycles. The van der Waals surface area contributed by atoms with Crippen LogP contribution in [0.4, 0.5) is 5.69 Å². The van der Waals surface area contributed by atoms with Crippen molar-refractivity contribution in [2.75, 3.05) is 25.2 Å². The molecule has 1 aromatic carbocycles. The Morgan fingerprint density at radius 3 is 2.76 bits per heavy atom. The molecular formula is C16H26N2O2S. The van der Waals surface area contributed by atoms with Crippen LogP contribution in [0.2, 0.25) is 0 Å². The lowest BCUT2D eigenvalue weighted by molar-refractivity contribution is -0.116. The summed E-state index contributed by atoms with van der Waals surface area (Å²) in [7, 11) is 1.61. The monoisotopic (exact) mass is 310 g/mol. The van der Waals surface area contributed by atoms with Crippen LogP contribution in [0.3, 0.4) is 0 Å². The van der Waals surface area contributed by atoms with E-state index in [2.05, 4.69) is 30.7 Å². The zero-order valence-electron chi connectivity index (χ0n) is 13.5. The average Bonchev–Trinajstić information content (AvgIpc) is 2.45. The number of nitrogens with one attached hydrogen (secondary N) is 2. The highest BCUT2D eigenvalue weighted by Gasteiger charge is 2.17. The first-order chi connectivity index (χ1) is 9.86. The van der Waals surface area contributed by atoms with E-state index in [1.807, 2.05) is 43.0 Å². The zero-order valence-corrected chi connectivity index (χ0v) is 14.3. The minimum atomic E-state index is 0.00482. The van der Waals surface area contributed by atoms with Crippen molar-refractivity contribution in [2.24, 2.45) is 0 Å². The number of amides is 1. The van der Waals surface area contributed by atoms with E-state index < -0.39 is 0 Å². The fraction of sp³-hybridized carbons (Fsp3) is 0.562. The molecule has 2 N–H and O–H groups in total. The number of carbonyl (C=O) groups excluding carboxylic acids is 1. The van der Waals surface area contributed by atoms with E-state index in [0.29, 0.717) is 6.42 Å². The highest BCUT2D eigenvalue weighted by molar-refractivity contribution is 7.99. The highest BCUT2D eigenvalue weighted by atomic mass is 32.2. The molecule has 4 nitrogen and oxygen atoms in total. The number of anilines is 1. The molecule has 0 saturated heterocycles. The van der Waals surface area contributed by atoms with Crippen LogP contribution in [0.15, 0.2) is 24.3 Å². The topological polar surface area (TPSA) is 50.4 Å². The molecule has 0 unspecified atom stereocenters. The van der Waals surface area contributed by atoms with E-state index in [9.17, 15) is 4.79 Å². The van der Waals surface area contributed by atoms with Crippen LogP contribution >= 0.6 is 11.8 Å². The number of rotatable bonds is 8. The second-order valence-electron chi connectivity index (χ2n) is 5.73. The lowest BCUT2D eigenvalue weighted by Crippen LogP contribution is -2.39. The Bertz CT molecular complexity index is 463. The Kier molecular flexibility index (Phi) is 7.05. The van der Waals surface area contributed by atoms with Crippen molar-refractivity contribution in [3.05, 3.63) is 24.3 Å². The molecule has 1 aromatic rings. The molecule has 0 bridgehead atoms. The van der Waals surface area contributed by atoms with Crippen LogP contribution in [0, 0.1) is 0 Å². The number of hydrogen-bond acceptors (Lipinski definition) is 4. The molecule has 0 radical (unpaired) electrons. The Hall–Kier alpha value is -1.20. The summed E-state index contributed by atoms with van der Waals surface area (Å²) >= 11 is 1.82.